The molecule has 1 heterocycles. The van der Waals surface area contributed by atoms with Gasteiger partial charge >= 0.3 is 0 Å². The maximum absolute atomic E-state index is 10.3. The van der Waals surface area contributed by atoms with Gasteiger partial charge in [-0.1, -0.05) is 13.8 Å². The first-order valence-electron chi connectivity index (χ1n) is 9.85. The van der Waals surface area contributed by atoms with E-state index >= 15 is 0 Å². The topological polar surface area (TPSA) is 140 Å². The van der Waals surface area contributed by atoms with Crippen LogP contribution in [-0.4, -0.2) is 86.8 Å². The van der Waals surface area contributed by atoms with Crippen LogP contribution < -0.4 is 0 Å². The van der Waals surface area contributed by atoms with E-state index in [2.05, 4.69) is 13.8 Å². The Morgan fingerprint density at radius 2 is 1.78 bits per heavy atom. The number of hydrogen-bond donors (Lipinski definition) is 6. The zero-order chi connectivity index (χ0) is 20.4. The molecule has 0 aromatic carbocycles. The molecule has 6 N–H and O–H groups in total. The molecule has 2 rings (SSSR count). The molecule has 8 heteroatoms. The van der Waals surface area contributed by atoms with E-state index < -0.39 is 49.5 Å². The molecule has 0 bridgehead atoms. The average Bonchev–Trinajstić information content (AvgIpc) is 2.57. The molecule has 9 atom stereocenters. The number of aliphatic hydroxyl groups excluding tert-OH is 6. The van der Waals surface area contributed by atoms with Crippen molar-refractivity contribution < 1.29 is 40.1 Å². The third-order valence-electron chi connectivity index (χ3n) is 6.13. The van der Waals surface area contributed by atoms with Crippen molar-refractivity contribution in [2.75, 3.05) is 13.2 Å². The lowest BCUT2D eigenvalue weighted by Crippen LogP contribution is -2.59. The van der Waals surface area contributed by atoms with E-state index in [0.717, 1.165) is 6.42 Å². The van der Waals surface area contributed by atoms with Crippen LogP contribution in [0.1, 0.15) is 46.5 Å². The normalized spacial score (nSPS) is 43.4. The Morgan fingerprint density at radius 3 is 2.37 bits per heavy atom. The monoisotopic (exact) mass is 392 g/mol. The molecule has 8 nitrogen and oxygen atoms in total. The summed E-state index contributed by atoms with van der Waals surface area (Å²) in [4.78, 5) is 0. The van der Waals surface area contributed by atoms with Crippen molar-refractivity contribution in [3.63, 3.8) is 0 Å². The predicted octanol–water partition coefficient (Wildman–Crippen LogP) is -0.623. The van der Waals surface area contributed by atoms with Crippen molar-refractivity contribution in [3.8, 4) is 0 Å². The van der Waals surface area contributed by atoms with Crippen molar-refractivity contribution in [2.45, 2.75) is 89.4 Å². The van der Waals surface area contributed by atoms with Gasteiger partial charge in [-0.05, 0) is 49.9 Å². The Hall–Kier alpha value is -0.320. The predicted molar refractivity (Wildman–Crippen MR) is 96.6 cm³/mol. The van der Waals surface area contributed by atoms with Crippen LogP contribution in [0.4, 0.5) is 0 Å². The fraction of sp³-hybridized carbons (Fsp3) is 1.00. The summed E-state index contributed by atoms with van der Waals surface area (Å²) in [5.41, 5.74) is -0.129. The molecule has 0 aromatic rings. The molecule has 27 heavy (non-hydrogen) atoms. The second-order valence-electron chi connectivity index (χ2n) is 8.91. The molecule has 0 amide bonds. The Morgan fingerprint density at radius 1 is 1.11 bits per heavy atom. The van der Waals surface area contributed by atoms with E-state index in [-0.39, 0.29) is 23.9 Å². The van der Waals surface area contributed by atoms with Crippen LogP contribution in [0.3, 0.4) is 0 Å². The Labute approximate surface area is 160 Å². The average molecular weight is 392 g/mol. The van der Waals surface area contributed by atoms with Crippen LogP contribution in [0.15, 0.2) is 0 Å². The highest BCUT2D eigenvalue weighted by molar-refractivity contribution is 4.93. The standard InChI is InChI=1S/C19H36O8/c1-10(21)4-5-13-11(6-12(22)7-19(13,2)3)9-26-18-17(25)16(24)15(23)14(8-20)27-18/h10-18,20-25H,4-9H2,1-3H3/t10-,11-,12+,13+,14+,15+,16-,17+,18+/m0/s1. The first-order valence-corrected chi connectivity index (χ1v) is 9.85. The summed E-state index contributed by atoms with van der Waals surface area (Å²) >= 11 is 0. The molecule has 1 aliphatic carbocycles. The second kappa shape index (κ2) is 9.45. The fourth-order valence-corrected chi connectivity index (χ4v) is 4.65. The van der Waals surface area contributed by atoms with Gasteiger partial charge in [-0.25, -0.2) is 0 Å². The first-order chi connectivity index (χ1) is 12.6. The van der Waals surface area contributed by atoms with Gasteiger partial charge in [0.2, 0.25) is 0 Å². The lowest BCUT2D eigenvalue weighted by molar-refractivity contribution is -0.305. The Kier molecular flexibility index (Phi) is 8.04. The van der Waals surface area contributed by atoms with Crippen molar-refractivity contribution in [1.82, 2.24) is 0 Å². The van der Waals surface area contributed by atoms with E-state index in [9.17, 15) is 30.6 Å². The molecule has 0 unspecified atom stereocenters. The molecule has 1 saturated carbocycles. The lowest BCUT2D eigenvalue weighted by Gasteiger charge is -2.47. The summed E-state index contributed by atoms with van der Waals surface area (Å²) in [6.45, 7) is 5.65. The molecule has 0 spiro atoms. The van der Waals surface area contributed by atoms with Gasteiger partial charge in [-0.15, -0.1) is 0 Å². The summed E-state index contributed by atoms with van der Waals surface area (Å²) in [5.74, 6) is 0.204. The summed E-state index contributed by atoms with van der Waals surface area (Å²) in [6.07, 6.45) is -4.68. The van der Waals surface area contributed by atoms with Gasteiger partial charge in [-0.3, -0.25) is 0 Å². The van der Waals surface area contributed by atoms with Gasteiger partial charge in [0.1, 0.15) is 24.4 Å². The molecule has 2 fully saturated rings. The summed E-state index contributed by atoms with van der Waals surface area (Å²) in [6, 6.07) is 0. The smallest absolute Gasteiger partial charge is 0.186 e. The maximum Gasteiger partial charge on any atom is 0.186 e. The third kappa shape index (κ3) is 5.61. The van der Waals surface area contributed by atoms with Crippen LogP contribution in [0.5, 0.6) is 0 Å². The van der Waals surface area contributed by atoms with Crippen molar-refractivity contribution in [1.29, 1.82) is 0 Å². The molecule has 0 aromatic heterocycles. The maximum atomic E-state index is 10.3. The lowest BCUT2D eigenvalue weighted by atomic mass is 9.61. The first kappa shape index (κ1) is 23.0. The Bertz CT molecular complexity index is 455. The van der Waals surface area contributed by atoms with E-state index in [1.165, 1.54) is 0 Å². The van der Waals surface area contributed by atoms with Crippen LogP contribution in [0.2, 0.25) is 0 Å². The zero-order valence-corrected chi connectivity index (χ0v) is 16.4. The molecular formula is C19H36O8. The largest absolute Gasteiger partial charge is 0.394 e. The number of hydrogen-bond acceptors (Lipinski definition) is 8. The third-order valence-corrected chi connectivity index (χ3v) is 6.13. The van der Waals surface area contributed by atoms with Crippen molar-refractivity contribution >= 4 is 0 Å². The van der Waals surface area contributed by atoms with Crippen LogP contribution in [0, 0.1) is 17.3 Å². The van der Waals surface area contributed by atoms with Crippen LogP contribution >= 0.6 is 0 Å². The number of aliphatic hydroxyl groups is 6. The van der Waals surface area contributed by atoms with Crippen molar-refractivity contribution in [3.05, 3.63) is 0 Å². The second-order valence-corrected chi connectivity index (χ2v) is 8.91. The van der Waals surface area contributed by atoms with E-state index in [4.69, 9.17) is 9.47 Å². The van der Waals surface area contributed by atoms with Gasteiger partial charge in [0.15, 0.2) is 6.29 Å². The minimum Gasteiger partial charge on any atom is -0.394 e. The van der Waals surface area contributed by atoms with E-state index in [0.29, 0.717) is 19.3 Å². The summed E-state index contributed by atoms with van der Waals surface area (Å²) < 4.78 is 11.1. The fourth-order valence-electron chi connectivity index (χ4n) is 4.65. The SMILES string of the molecule is C[C@H](O)CC[C@@H]1[C@H](CO[C@@H]2O[C@H](CO)[C@@H](O)[C@H](O)[C@H]2O)C[C@@H](O)CC1(C)C. The zero-order valence-electron chi connectivity index (χ0n) is 16.4. The molecule has 160 valence electrons. The van der Waals surface area contributed by atoms with Gasteiger partial charge in [0, 0.05) is 0 Å². The minimum atomic E-state index is -1.47. The van der Waals surface area contributed by atoms with Gasteiger partial charge in [-0.2, -0.15) is 0 Å². The van der Waals surface area contributed by atoms with Crippen LogP contribution in [-0.2, 0) is 9.47 Å². The highest BCUT2D eigenvalue weighted by Crippen LogP contribution is 2.47. The number of rotatable bonds is 7. The van der Waals surface area contributed by atoms with Gasteiger partial charge in [0.25, 0.3) is 0 Å². The molecule has 2 aliphatic rings. The molecule has 0 radical (unpaired) electrons. The van der Waals surface area contributed by atoms with Gasteiger partial charge in [0.05, 0.1) is 25.4 Å². The highest BCUT2D eigenvalue weighted by Gasteiger charge is 2.46. The Balaban J connectivity index is 2.03. The molecular weight excluding hydrogens is 356 g/mol. The highest BCUT2D eigenvalue weighted by atomic mass is 16.7. The van der Waals surface area contributed by atoms with Crippen molar-refractivity contribution in [2.24, 2.45) is 17.3 Å². The molecule has 1 saturated heterocycles. The van der Waals surface area contributed by atoms with Gasteiger partial charge < -0.3 is 40.1 Å². The number of ether oxygens (including phenoxy) is 2. The van der Waals surface area contributed by atoms with E-state index in [1.54, 1.807) is 6.92 Å². The van der Waals surface area contributed by atoms with Crippen LogP contribution in [0.25, 0.3) is 0 Å². The molecule has 1 aliphatic heterocycles. The summed E-state index contributed by atoms with van der Waals surface area (Å²) in [5, 5.41) is 59.1. The van der Waals surface area contributed by atoms with E-state index in [1.807, 2.05) is 0 Å². The summed E-state index contributed by atoms with van der Waals surface area (Å²) in [7, 11) is 0. The quantitative estimate of drug-likeness (QED) is 0.337. The minimum absolute atomic E-state index is 0.00475.